The van der Waals surface area contributed by atoms with Crippen LogP contribution in [0.2, 0.25) is 0 Å². The number of imidazole rings is 1. The number of halogens is 3. The zero-order valence-corrected chi connectivity index (χ0v) is 22.7. The average Bonchev–Trinajstić information content (AvgIpc) is 3.36. The van der Waals surface area contributed by atoms with Gasteiger partial charge in [0.15, 0.2) is 0 Å². The number of benzene rings is 4. The van der Waals surface area contributed by atoms with Crippen molar-refractivity contribution in [3.8, 4) is 51.2 Å². The summed E-state index contributed by atoms with van der Waals surface area (Å²) >= 11 is 0. The first-order chi connectivity index (χ1) is 20.1. The van der Waals surface area contributed by atoms with Crippen molar-refractivity contribution in [1.82, 2.24) is 9.55 Å². The van der Waals surface area contributed by atoms with E-state index in [0.29, 0.717) is 6.54 Å². The summed E-state index contributed by atoms with van der Waals surface area (Å²) in [7, 11) is 3.33. The lowest BCUT2D eigenvalue weighted by Crippen LogP contribution is -2.21. The van der Waals surface area contributed by atoms with E-state index in [0.717, 1.165) is 45.4 Å². The zero-order valence-electron chi connectivity index (χ0n) is 22.7. The number of hydrogen-bond acceptors (Lipinski definition) is 5. The maximum atomic E-state index is 10.6. The van der Waals surface area contributed by atoms with Crippen molar-refractivity contribution in [2.24, 2.45) is 0 Å². The van der Waals surface area contributed by atoms with Gasteiger partial charge in [-0.1, -0.05) is 30.3 Å². The fourth-order valence-corrected chi connectivity index (χ4v) is 4.20. The Kier molecular flexibility index (Phi) is 9.16. The Hall–Kier alpha value is -5.25. The molecule has 216 valence electrons. The van der Waals surface area contributed by atoms with Gasteiger partial charge in [-0.3, -0.25) is 0 Å². The van der Waals surface area contributed by atoms with E-state index < -0.39 is 12.1 Å². The number of phenols is 1. The van der Waals surface area contributed by atoms with E-state index in [2.05, 4.69) is 28.8 Å². The molecule has 5 rings (SSSR count). The van der Waals surface area contributed by atoms with Crippen LogP contribution in [-0.4, -0.2) is 46.1 Å². The van der Waals surface area contributed by atoms with Crippen LogP contribution in [0.5, 0.6) is 17.2 Å². The Bertz CT molecular complexity index is 1620. The van der Waals surface area contributed by atoms with Crippen molar-refractivity contribution >= 4 is 5.97 Å². The molecule has 0 saturated heterocycles. The Morgan fingerprint density at radius 3 is 1.71 bits per heavy atom. The normalized spacial score (nSPS) is 10.9. The van der Waals surface area contributed by atoms with Crippen LogP contribution in [0.3, 0.4) is 0 Å². The predicted molar refractivity (Wildman–Crippen MR) is 153 cm³/mol. The summed E-state index contributed by atoms with van der Waals surface area (Å²) in [4.78, 5) is 14.1. The van der Waals surface area contributed by atoms with Crippen molar-refractivity contribution in [2.75, 3.05) is 14.2 Å². The molecule has 1 aromatic heterocycles. The van der Waals surface area contributed by atoms with E-state index in [1.807, 2.05) is 66.7 Å². The first-order valence-electron chi connectivity index (χ1n) is 12.6. The number of aliphatic carboxylic acids is 1. The van der Waals surface area contributed by atoms with Crippen molar-refractivity contribution in [2.45, 2.75) is 12.7 Å². The second-order valence-corrected chi connectivity index (χ2v) is 9.01. The molecular weight excluding hydrogens is 549 g/mol. The molecule has 1 heterocycles. The molecule has 0 aliphatic heterocycles. The molecular formula is C32H27F3N2O5. The van der Waals surface area contributed by atoms with E-state index in [4.69, 9.17) is 24.4 Å². The molecule has 0 radical (unpaired) electrons. The lowest BCUT2D eigenvalue weighted by atomic mass is 10.0. The number of aromatic hydroxyl groups is 1. The number of aromatic nitrogens is 2. The van der Waals surface area contributed by atoms with Crippen LogP contribution >= 0.6 is 0 Å². The van der Waals surface area contributed by atoms with Crippen LogP contribution < -0.4 is 9.47 Å². The van der Waals surface area contributed by atoms with Gasteiger partial charge in [-0.15, -0.1) is 0 Å². The quantitative estimate of drug-likeness (QED) is 0.211. The van der Waals surface area contributed by atoms with Crippen LogP contribution in [-0.2, 0) is 11.3 Å². The number of alkyl halides is 3. The molecule has 7 nitrogen and oxygen atoms in total. The molecule has 0 amide bonds. The second kappa shape index (κ2) is 12.9. The van der Waals surface area contributed by atoms with E-state index >= 15 is 0 Å². The summed E-state index contributed by atoms with van der Waals surface area (Å²) in [6.45, 7) is 0.640. The van der Waals surface area contributed by atoms with Gasteiger partial charge in [0.2, 0.25) is 0 Å². The standard InChI is InChI=1S/C30H26N2O3.C2HF3O2/c1-34-26-16-10-22(11-17-26)28-29(23-12-18-27(35-2)19-13-23)32(20-21-6-4-3-5-7-21)30(31-28)24-8-14-25(33)15-9-24;3-2(4,5)1(6)7/h3-19,33H,20H2,1-2H3;(H,6,7). The topological polar surface area (TPSA) is 93.8 Å². The number of carbonyl (C=O) groups is 1. The minimum absolute atomic E-state index is 0.223. The predicted octanol–water partition coefficient (Wildman–Crippen LogP) is 7.29. The third kappa shape index (κ3) is 7.08. The molecule has 0 aliphatic carbocycles. The number of rotatable bonds is 7. The lowest BCUT2D eigenvalue weighted by molar-refractivity contribution is -0.192. The number of phenolic OH excluding ortho intramolecular Hbond substituents is 1. The first-order valence-corrected chi connectivity index (χ1v) is 12.6. The van der Waals surface area contributed by atoms with Crippen LogP contribution in [0.15, 0.2) is 103 Å². The molecule has 2 N–H and O–H groups in total. The van der Waals surface area contributed by atoms with Gasteiger partial charge in [-0.25, -0.2) is 9.78 Å². The first kappa shape index (κ1) is 29.7. The van der Waals surface area contributed by atoms with Crippen molar-refractivity contribution in [3.05, 3.63) is 109 Å². The summed E-state index contributed by atoms with van der Waals surface area (Å²) in [5.74, 6) is -0.117. The van der Waals surface area contributed by atoms with Gasteiger partial charge in [-0.2, -0.15) is 13.2 Å². The SMILES string of the molecule is COc1ccc(-c2nc(-c3ccc(O)cc3)n(Cc3ccccc3)c2-c2ccc(OC)cc2)cc1.O=C(O)C(F)(F)F. The van der Waals surface area contributed by atoms with Gasteiger partial charge in [0, 0.05) is 23.2 Å². The fourth-order valence-electron chi connectivity index (χ4n) is 4.20. The molecule has 0 saturated carbocycles. The van der Waals surface area contributed by atoms with E-state index in [1.54, 1.807) is 26.4 Å². The Balaban J connectivity index is 0.000000517. The largest absolute Gasteiger partial charge is 0.508 e. The smallest absolute Gasteiger partial charge is 0.490 e. The van der Waals surface area contributed by atoms with Gasteiger partial charge < -0.3 is 24.3 Å². The minimum atomic E-state index is -5.08. The number of methoxy groups -OCH3 is 2. The van der Waals surface area contributed by atoms with Crippen molar-refractivity contribution in [1.29, 1.82) is 0 Å². The second-order valence-electron chi connectivity index (χ2n) is 9.01. The maximum Gasteiger partial charge on any atom is 0.490 e. The summed E-state index contributed by atoms with van der Waals surface area (Å²) in [5.41, 5.74) is 5.99. The summed E-state index contributed by atoms with van der Waals surface area (Å²) < 4.78 is 44.7. The molecule has 0 spiro atoms. The van der Waals surface area contributed by atoms with Gasteiger partial charge in [0.1, 0.15) is 23.1 Å². The van der Waals surface area contributed by atoms with Crippen LogP contribution in [0.4, 0.5) is 13.2 Å². The van der Waals surface area contributed by atoms with Gasteiger partial charge in [-0.05, 0) is 78.4 Å². The highest BCUT2D eigenvalue weighted by atomic mass is 19.4. The van der Waals surface area contributed by atoms with E-state index in [9.17, 15) is 18.3 Å². The fraction of sp³-hybridized carbons (Fsp3) is 0.125. The molecule has 0 atom stereocenters. The lowest BCUT2D eigenvalue weighted by Gasteiger charge is -2.14. The summed E-state index contributed by atoms with van der Waals surface area (Å²) in [5, 5.41) is 17.0. The number of ether oxygens (including phenoxy) is 2. The van der Waals surface area contributed by atoms with E-state index in [1.165, 1.54) is 5.56 Å². The third-order valence-electron chi connectivity index (χ3n) is 6.25. The molecule has 0 bridgehead atoms. The molecule has 0 unspecified atom stereocenters. The number of carboxylic acid groups (broad SMARTS) is 1. The number of nitrogens with zero attached hydrogens (tertiary/aromatic N) is 2. The number of hydrogen-bond donors (Lipinski definition) is 2. The van der Waals surface area contributed by atoms with Crippen LogP contribution in [0, 0.1) is 0 Å². The van der Waals surface area contributed by atoms with Gasteiger partial charge in [0.05, 0.1) is 25.6 Å². The highest BCUT2D eigenvalue weighted by molar-refractivity contribution is 5.83. The monoisotopic (exact) mass is 576 g/mol. The highest BCUT2D eigenvalue weighted by Crippen LogP contribution is 2.38. The summed E-state index contributed by atoms with van der Waals surface area (Å²) in [6.07, 6.45) is -5.08. The molecule has 4 aromatic carbocycles. The minimum Gasteiger partial charge on any atom is -0.508 e. The molecule has 10 heteroatoms. The molecule has 0 aliphatic rings. The Morgan fingerprint density at radius 2 is 1.24 bits per heavy atom. The zero-order chi connectivity index (χ0) is 30.3. The van der Waals surface area contributed by atoms with Crippen LogP contribution in [0.1, 0.15) is 5.56 Å². The van der Waals surface area contributed by atoms with Gasteiger partial charge >= 0.3 is 12.1 Å². The Labute approximate surface area is 240 Å². The molecule has 42 heavy (non-hydrogen) atoms. The van der Waals surface area contributed by atoms with E-state index in [-0.39, 0.29) is 5.75 Å². The average molecular weight is 577 g/mol. The van der Waals surface area contributed by atoms with Gasteiger partial charge in [0.25, 0.3) is 0 Å². The third-order valence-corrected chi connectivity index (χ3v) is 6.25. The highest BCUT2D eigenvalue weighted by Gasteiger charge is 2.38. The Morgan fingerprint density at radius 1 is 0.762 bits per heavy atom. The summed E-state index contributed by atoms with van der Waals surface area (Å²) in [6, 6.07) is 33.5. The number of carboxylic acids is 1. The molecule has 0 fully saturated rings. The molecule has 5 aromatic rings. The van der Waals surface area contributed by atoms with Crippen molar-refractivity contribution < 1.29 is 37.7 Å². The van der Waals surface area contributed by atoms with Crippen molar-refractivity contribution in [3.63, 3.8) is 0 Å². The maximum absolute atomic E-state index is 10.6. The van der Waals surface area contributed by atoms with Crippen LogP contribution in [0.25, 0.3) is 33.9 Å².